The Kier molecular flexibility index (Phi) is 4.07. The molecule has 0 aliphatic heterocycles. The third-order valence-corrected chi connectivity index (χ3v) is 6.33. The summed E-state index contributed by atoms with van der Waals surface area (Å²) in [7, 11) is 0. The van der Waals surface area contributed by atoms with E-state index in [4.69, 9.17) is 0 Å². The molecule has 0 saturated carbocycles. The van der Waals surface area contributed by atoms with E-state index in [9.17, 15) is 14.4 Å². The first-order valence-corrected chi connectivity index (χ1v) is 9.95. The van der Waals surface area contributed by atoms with Crippen molar-refractivity contribution in [3.8, 4) is 20.9 Å². The van der Waals surface area contributed by atoms with E-state index in [1.54, 1.807) is 53.8 Å². The highest BCUT2D eigenvalue weighted by Crippen LogP contribution is 2.37. The normalized spacial score (nSPS) is 12.4. The number of fused-ring (bicyclic) bond motifs is 2. The number of hydrogen-bond donors (Lipinski definition) is 0. The number of rotatable bonds is 3. The first-order chi connectivity index (χ1) is 14.2. The maximum atomic E-state index is 12.9. The molecule has 3 nitrogen and oxygen atoms in total. The maximum Gasteiger partial charge on any atom is 0.194 e. The minimum Gasteiger partial charge on any atom is -0.298 e. The number of aldehydes is 1. The van der Waals surface area contributed by atoms with Gasteiger partial charge in [0.1, 0.15) is 6.29 Å². The van der Waals surface area contributed by atoms with Gasteiger partial charge in [-0.05, 0) is 35.4 Å². The zero-order chi connectivity index (χ0) is 20.0. The molecule has 29 heavy (non-hydrogen) atoms. The molecule has 4 heteroatoms. The van der Waals surface area contributed by atoms with Crippen LogP contribution in [0.3, 0.4) is 0 Å². The van der Waals surface area contributed by atoms with Crippen molar-refractivity contribution in [2.24, 2.45) is 0 Å². The van der Waals surface area contributed by atoms with Gasteiger partial charge >= 0.3 is 0 Å². The average Bonchev–Trinajstić information content (AvgIpc) is 3.27. The van der Waals surface area contributed by atoms with E-state index >= 15 is 0 Å². The van der Waals surface area contributed by atoms with E-state index in [-0.39, 0.29) is 11.6 Å². The van der Waals surface area contributed by atoms with Gasteiger partial charge in [0.2, 0.25) is 0 Å². The second kappa shape index (κ2) is 6.76. The molecule has 0 saturated heterocycles. The molecule has 1 aromatic heterocycles. The van der Waals surface area contributed by atoms with Gasteiger partial charge in [-0.2, -0.15) is 0 Å². The monoisotopic (exact) mass is 394 g/mol. The lowest BCUT2D eigenvalue weighted by atomic mass is 9.83. The van der Waals surface area contributed by atoms with Crippen LogP contribution in [0, 0.1) is 0 Å². The topological polar surface area (TPSA) is 51.2 Å². The molecular weight excluding hydrogens is 380 g/mol. The fourth-order valence-corrected chi connectivity index (χ4v) is 4.63. The number of carbonyl (C=O) groups excluding carboxylic acids is 3. The Morgan fingerprint density at radius 3 is 1.79 bits per heavy atom. The highest BCUT2D eigenvalue weighted by molar-refractivity contribution is 7.18. The van der Waals surface area contributed by atoms with Gasteiger partial charge in [-0.3, -0.25) is 14.4 Å². The van der Waals surface area contributed by atoms with Crippen LogP contribution in [0.25, 0.3) is 20.9 Å². The van der Waals surface area contributed by atoms with E-state index in [2.05, 4.69) is 0 Å². The highest BCUT2D eigenvalue weighted by Gasteiger charge is 2.29. The van der Waals surface area contributed by atoms with Gasteiger partial charge in [-0.25, -0.2) is 0 Å². The minimum atomic E-state index is -0.113. The molecule has 0 fully saturated rings. The zero-order valence-corrected chi connectivity index (χ0v) is 16.0. The summed E-state index contributed by atoms with van der Waals surface area (Å²) in [5.74, 6) is -0.220. The molecule has 5 rings (SSSR count). The van der Waals surface area contributed by atoms with Gasteiger partial charge in [0.25, 0.3) is 0 Å². The van der Waals surface area contributed by atoms with Crippen LogP contribution < -0.4 is 0 Å². The van der Waals surface area contributed by atoms with Crippen LogP contribution in [-0.2, 0) is 0 Å². The second-order valence-corrected chi connectivity index (χ2v) is 7.95. The van der Waals surface area contributed by atoms with Gasteiger partial charge in [-0.1, -0.05) is 54.6 Å². The summed E-state index contributed by atoms with van der Waals surface area (Å²) < 4.78 is 0. The quantitative estimate of drug-likeness (QED) is 0.371. The van der Waals surface area contributed by atoms with Crippen molar-refractivity contribution in [1.29, 1.82) is 0 Å². The Morgan fingerprint density at radius 1 is 0.586 bits per heavy atom. The largest absolute Gasteiger partial charge is 0.298 e. The Morgan fingerprint density at radius 2 is 1.14 bits per heavy atom. The summed E-state index contributed by atoms with van der Waals surface area (Å²) in [4.78, 5) is 38.6. The fourth-order valence-electron chi connectivity index (χ4n) is 3.63. The lowest BCUT2D eigenvalue weighted by Gasteiger charge is -2.17. The van der Waals surface area contributed by atoms with Crippen molar-refractivity contribution in [2.45, 2.75) is 0 Å². The fraction of sp³-hybridized carbons (Fsp3) is 0. The number of ketones is 2. The van der Waals surface area contributed by atoms with Crippen LogP contribution in [0.4, 0.5) is 0 Å². The molecular formula is C25H14O3S. The summed E-state index contributed by atoms with van der Waals surface area (Å²) in [5, 5.41) is 0. The minimum absolute atomic E-state index is 0.108. The van der Waals surface area contributed by atoms with Crippen LogP contribution in [0.5, 0.6) is 0 Å². The van der Waals surface area contributed by atoms with Gasteiger partial charge in [0.15, 0.2) is 11.6 Å². The summed E-state index contributed by atoms with van der Waals surface area (Å²) in [6.45, 7) is 0. The molecule has 0 unspecified atom stereocenters. The molecule has 138 valence electrons. The molecule has 0 amide bonds. The highest BCUT2D eigenvalue weighted by atomic mass is 32.1. The SMILES string of the molecule is O=Cc1ccc(-c2ccc(-c3ccc4c(c3)C(=O)c3ccccc3C4=O)s2)cc1. The van der Waals surface area contributed by atoms with E-state index in [0.717, 1.165) is 27.2 Å². The van der Waals surface area contributed by atoms with E-state index in [0.29, 0.717) is 27.8 Å². The zero-order valence-electron chi connectivity index (χ0n) is 15.2. The number of carbonyl (C=O) groups is 3. The van der Waals surface area contributed by atoms with Crippen LogP contribution in [-0.4, -0.2) is 17.9 Å². The average molecular weight is 394 g/mol. The summed E-state index contributed by atoms with van der Waals surface area (Å²) >= 11 is 1.61. The standard InChI is InChI=1S/C25H14O3S/c26-14-15-5-7-16(8-6-15)22-11-12-23(29-22)17-9-10-20-21(13-17)25(28)19-4-2-1-3-18(19)24(20)27/h1-14H. The van der Waals surface area contributed by atoms with Crippen molar-refractivity contribution in [2.75, 3.05) is 0 Å². The molecule has 1 aliphatic rings. The molecule has 1 aliphatic carbocycles. The van der Waals surface area contributed by atoms with Crippen molar-refractivity contribution < 1.29 is 14.4 Å². The lowest BCUT2D eigenvalue weighted by molar-refractivity contribution is 0.0979. The van der Waals surface area contributed by atoms with Crippen LogP contribution in [0.15, 0.2) is 78.9 Å². The van der Waals surface area contributed by atoms with Crippen molar-refractivity contribution in [3.63, 3.8) is 0 Å². The number of hydrogen-bond acceptors (Lipinski definition) is 4. The lowest BCUT2D eigenvalue weighted by Crippen LogP contribution is -2.20. The first kappa shape index (κ1) is 17.5. The van der Waals surface area contributed by atoms with Gasteiger partial charge in [0.05, 0.1) is 0 Å². The van der Waals surface area contributed by atoms with Crippen LogP contribution >= 0.6 is 11.3 Å². The van der Waals surface area contributed by atoms with Crippen molar-refractivity contribution >= 4 is 29.2 Å². The van der Waals surface area contributed by atoms with Crippen LogP contribution in [0.2, 0.25) is 0 Å². The van der Waals surface area contributed by atoms with Gasteiger partial charge < -0.3 is 0 Å². The Labute approximate surface area is 171 Å². The molecule has 4 aromatic rings. The third-order valence-electron chi connectivity index (χ3n) is 5.15. The second-order valence-electron chi connectivity index (χ2n) is 6.87. The molecule has 0 N–H and O–H groups in total. The first-order valence-electron chi connectivity index (χ1n) is 9.14. The summed E-state index contributed by atoms with van der Waals surface area (Å²) in [5.41, 5.74) is 4.42. The van der Waals surface area contributed by atoms with E-state index in [1.807, 2.05) is 36.4 Å². The molecule has 3 aromatic carbocycles. The van der Waals surface area contributed by atoms with Gasteiger partial charge in [0, 0.05) is 37.6 Å². The molecule has 1 heterocycles. The number of thiophene rings is 1. The van der Waals surface area contributed by atoms with Crippen LogP contribution in [0.1, 0.15) is 42.2 Å². The van der Waals surface area contributed by atoms with E-state index < -0.39 is 0 Å². The third kappa shape index (κ3) is 2.85. The molecule has 0 radical (unpaired) electrons. The molecule has 0 spiro atoms. The molecule has 0 atom stereocenters. The van der Waals surface area contributed by atoms with Crippen molar-refractivity contribution in [1.82, 2.24) is 0 Å². The van der Waals surface area contributed by atoms with E-state index in [1.165, 1.54) is 0 Å². The Bertz CT molecular complexity index is 1300. The molecule has 0 bridgehead atoms. The van der Waals surface area contributed by atoms with Crippen molar-refractivity contribution in [3.05, 3.63) is 107 Å². The Hall–Kier alpha value is -3.63. The predicted molar refractivity (Wildman–Crippen MR) is 114 cm³/mol. The smallest absolute Gasteiger partial charge is 0.194 e. The maximum absolute atomic E-state index is 12.9. The predicted octanol–water partition coefficient (Wildman–Crippen LogP) is 5.67. The Balaban J connectivity index is 1.54. The summed E-state index contributed by atoms with van der Waals surface area (Å²) in [6.07, 6.45) is 0.827. The number of benzene rings is 3. The summed E-state index contributed by atoms with van der Waals surface area (Å²) in [6, 6.07) is 23.9. The van der Waals surface area contributed by atoms with Gasteiger partial charge in [-0.15, -0.1) is 11.3 Å².